The fraction of sp³-hybridized carbons (Fsp3) is 0.364. The molecule has 3 rings (SSSR count). The fourth-order valence-electron chi connectivity index (χ4n) is 3.35. The molecule has 0 bridgehead atoms. The second-order valence-corrected chi connectivity index (χ2v) is 7.28. The second-order valence-electron chi connectivity index (χ2n) is 7.28. The zero-order valence-corrected chi connectivity index (χ0v) is 15.7. The zero-order valence-electron chi connectivity index (χ0n) is 15.7. The maximum absolute atomic E-state index is 12.6. The molecule has 0 spiro atoms. The number of hydrogen-bond acceptors (Lipinski definition) is 3. The summed E-state index contributed by atoms with van der Waals surface area (Å²) < 4.78 is 0. The highest BCUT2D eigenvalue weighted by atomic mass is 16.6. The number of amides is 1. The van der Waals surface area contributed by atoms with Gasteiger partial charge in [0.05, 0.1) is 11.8 Å². The fourth-order valence-corrected chi connectivity index (χ4v) is 3.35. The van der Waals surface area contributed by atoms with E-state index in [1.807, 2.05) is 60.4 Å². The first-order valence-corrected chi connectivity index (χ1v) is 9.05. The first-order chi connectivity index (χ1) is 12.5. The van der Waals surface area contributed by atoms with Crippen LogP contribution in [0.25, 0.3) is 0 Å². The summed E-state index contributed by atoms with van der Waals surface area (Å²) in [4.78, 5) is 20.1. The summed E-state index contributed by atoms with van der Waals surface area (Å²) in [5.41, 5.74) is 2.80. The summed E-state index contributed by atoms with van der Waals surface area (Å²) in [6.07, 6.45) is 0.466. The standard InChI is InChI=1S/C22H26N2O2/c1-17(20-12-8-5-9-13-20)24-16-22(3,14-21(24)25)18(2)23-26-15-19-10-6-4-7-11-19/h4-13,17H,14-16H2,1-3H3/b23-18+/t17-,22-/m1/s1. The second kappa shape index (κ2) is 7.73. The van der Waals surface area contributed by atoms with Crippen LogP contribution in [0.2, 0.25) is 0 Å². The Labute approximate surface area is 155 Å². The molecular formula is C22H26N2O2. The largest absolute Gasteiger partial charge is 0.391 e. The van der Waals surface area contributed by atoms with E-state index in [9.17, 15) is 4.79 Å². The molecule has 2 aromatic carbocycles. The van der Waals surface area contributed by atoms with Gasteiger partial charge in [-0.1, -0.05) is 72.7 Å². The van der Waals surface area contributed by atoms with E-state index in [0.717, 1.165) is 16.8 Å². The molecule has 0 aliphatic carbocycles. The van der Waals surface area contributed by atoms with Crippen LogP contribution in [-0.2, 0) is 16.2 Å². The van der Waals surface area contributed by atoms with E-state index in [0.29, 0.717) is 19.6 Å². The highest BCUT2D eigenvalue weighted by Crippen LogP contribution is 2.37. The molecule has 2 atom stereocenters. The quantitative estimate of drug-likeness (QED) is 0.565. The Morgan fingerprint density at radius 1 is 1.15 bits per heavy atom. The molecule has 136 valence electrons. The first kappa shape index (κ1) is 18.2. The topological polar surface area (TPSA) is 41.9 Å². The third-order valence-electron chi connectivity index (χ3n) is 5.28. The monoisotopic (exact) mass is 350 g/mol. The van der Waals surface area contributed by atoms with Crippen LogP contribution in [0.3, 0.4) is 0 Å². The molecule has 4 nitrogen and oxygen atoms in total. The minimum absolute atomic E-state index is 0.0589. The maximum atomic E-state index is 12.6. The highest BCUT2D eigenvalue weighted by molar-refractivity contribution is 5.95. The Kier molecular flexibility index (Phi) is 5.40. The predicted molar refractivity (Wildman–Crippen MR) is 104 cm³/mol. The molecule has 1 amide bonds. The van der Waals surface area contributed by atoms with E-state index in [-0.39, 0.29) is 17.4 Å². The maximum Gasteiger partial charge on any atom is 0.224 e. The Bertz CT molecular complexity index is 773. The van der Waals surface area contributed by atoms with Crippen LogP contribution in [0.5, 0.6) is 0 Å². The minimum atomic E-state index is -0.295. The van der Waals surface area contributed by atoms with Crippen LogP contribution in [0.15, 0.2) is 65.8 Å². The lowest BCUT2D eigenvalue weighted by Crippen LogP contribution is -2.33. The lowest BCUT2D eigenvalue weighted by atomic mass is 9.85. The molecule has 1 aliphatic heterocycles. The van der Waals surface area contributed by atoms with E-state index < -0.39 is 0 Å². The van der Waals surface area contributed by atoms with E-state index in [2.05, 4.69) is 31.1 Å². The van der Waals surface area contributed by atoms with Gasteiger partial charge < -0.3 is 9.74 Å². The number of benzene rings is 2. The Morgan fingerprint density at radius 2 is 1.77 bits per heavy atom. The third kappa shape index (κ3) is 3.96. The van der Waals surface area contributed by atoms with Gasteiger partial charge in [-0.2, -0.15) is 0 Å². The minimum Gasteiger partial charge on any atom is -0.391 e. The molecule has 4 heteroatoms. The number of carbonyl (C=O) groups is 1. The lowest BCUT2D eigenvalue weighted by Gasteiger charge is -2.28. The molecule has 26 heavy (non-hydrogen) atoms. The van der Waals surface area contributed by atoms with Gasteiger partial charge in [-0.05, 0) is 25.0 Å². The van der Waals surface area contributed by atoms with Crippen LogP contribution in [-0.4, -0.2) is 23.1 Å². The average Bonchev–Trinajstić information content (AvgIpc) is 2.98. The number of hydrogen-bond donors (Lipinski definition) is 0. The van der Waals surface area contributed by atoms with Crippen molar-refractivity contribution in [3.8, 4) is 0 Å². The van der Waals surface area contributed by atoms with Gasteiger partial charge in [0.1, 0.15) is 6.61 Å². The van der Waals surface area contributed by atoms with Crippen LogP contribution in [0.1, 0.15) is 44.4 Å². The van der Waals surface area contributed by atoms with E-state index >= 15 is 0 Å². The Hall–Kier alpha value is -2.62. The van der Waals surface area contributed by atoms with E-state index in [1.165, 1.54) is 0 Å². The van der Waals surface area contributed by atoms with Crippen molar-refractivity contribution in [3.63, 3.8) is 0 Å². The Morgan fingerprint density at radius 3 is 2.42 bits per heavy atom. The molecular weight excluding hydrogens is 324 g/mol. The summed E-state index contributed by atoms with van der Waals surface area (Å²) in [7, 11) is 0. The van der Waals surface area contributed by atoms with Gasteiger partial charge in [-0.15, -0.1) is 0 Å². The van der Waals surface area contributed by atoms with Crippen LogP contribution in [0.4, 0.5) is 0 Å². The van der Waals surface area contributed by atoms with E-state index in [1.54, 1.807) is 0 Å². The van der Waals surface area contributed by atoms with Gasteiger partial charge in [0.25, 0.3) is 0 Å². The van der Waals surface area contributed by atoms with Crippen molar-refractivity contribution < 1.29 is 9.63 Å². The first-order valence-electron chi connectivity index (χ1n) is 9.05. The molecule has 0 N–H and O–H groups in total. The molecule has 1 aliphatic rings. The molecule has 0 unspecified atom stereocenters. The smallest absolute Gasteiger partial charge is 0.224 e. The predicted octanol–water partition coefficient (Wildman–Crippen LogP) is 4.58. The summed E-state index contributed by atoms with van der Waals surface area (Å²) in [5, 5.41) is 4.31. The lowest BCUT2D eigenvalue weighted by molar-refractivity contribution is -0.129. The van der Waals surface area contributed by atoms with Gasteiger partial charge in [0, 0.05) is 18.4 Å². The normalized spacial score (nSPS) is 21.7. The molecule has 0 aromatic heterocycles. The average molecular weight is 350 g/mol. The molecule has 1 saturated heterocycles. The molecule has 1 heterocycles. The highest BCUT2D eigenvalue weighted by Gasteiger charge is 2.43. The van der Waals surface area contributed by atoms with Crippen molar-refractivity contribution >= 4 is 11.6 Å². The van der Waals surface area contributed by atoms with Gasteiger partial charge in [0.2, 0.25) is 5.91 Å². The number of likely N-dealkylation sites (tertiary alicyclic amines) is 1. The molecule has 0 saturated carbocycles. The molecule has 1 fully saturated rings. The summed E-state index contributed by atoms with van der Waals surface area (Å²) in [6, 6.07) is 20.2. The number of carbonyl (C=O) groups excluding carboxylic acids is 1. The third-order valence-corrected chi connectivity index (χ3v) is 5.28. The van der Waals surface area contributed by atoms with Crippen molar-refractivity contribution in [2.45, 2.75) is 39.8 Å². The SMILES string of the molecule is C/C(=N\OCc1ccccc1)[C@]1(C)CC(=O)N([C@H](C)c2ccccc2)C1. The summed E-state index contributed by atoms with van der Waals surface area (Å²) in [5.74, 6) is 0.168. The van der Waals surface area contributed by atoms with Crippen molar-refractivity contribution in [1.82, 2.24) is 4.90 Å². The van der Waals surface area contributed by atoms with Crippen LogP contribution in [0, 0.1) is 5.41 Å². The van der Waals surface area contributed by atoms with Crippen molar-refractivity contribution in [3.05, 3.63) is 71.8 Å². The molecule has 0 radical (unpaired) electrons. The van der Waals surface area contributed by atoms with Crippen LogP contribution >= 0.6 is 0 Å². The number of oxime groups is 1. The van der Waals surface area contributed by atoms with E-state index in [4.69, 9.17) is 4.84 Å². The molecule has 2 aromatic rings. The zero-order chi connectivity index (χ0) is 18.6. The number of nitrogens with zero attached hydrogens (tertiary/aromatic N) is 2. The number of rotatable bonds is 6. The summed E-state index contributed by atoms with van der Waals surface area (Å²) >= 11 is 0. The summed E-state index contributed by atoms with van der Waals surface area (Å²) in [6.45, 7) is 7.22. The van der Waals surface area contributed by atoms with Crippen molar-refractivity contribution in [2.24, 2.45) is 10.6 Å². The van der Waals surface area contributed by atoms with Crippen molar-refractivity contribution in [2.75, 3.05) is 6.54 Å². The van der Waals surface area contributed by atoms with Gasteiger partial charge >= 0.3 is 0 Å². The Balaban J connectivity index is 1.66. The van der Waals surface area contributed by atoms with Gasteiger partial charge in [-0.3, -0.25) is 4.79 Å². The van der Waals surface area contributed by atoms with Gasteiger partial charge in [0.15, 0.2) is 0 Å². The van der Waals surface area contributed by atoms with Crippen molar-refractivity contribution in [1.29, 1.82) is 0 Å². The van der Waals surface area contributed by atoms with Crippen LogP contribution < -0.4 is 0 Å². The van der Waals surface area contributed by atoms with Gasteiger partial charge in [-0.25, -0.2) is 0 Å².